The molecular weight excluding hydrogens is 568 g/mol. The van der Waals surface area contributed by atoms with Gasteiger partial charge in [-0.15, -0.1) is 0 Å². The van der Waals surface area contributed by atoms with Crippen LogP contribution in [0, 0.1) is 34.5 Å². The zero-order valence-corrected chi connectivity index (χ0v) is 25.4. The minimum Gasteiger partial charge on any atom is -0.493 e. The Kier molecular flexibility index (Phi) is 7.79. The van der Waals surface area contributed by atoms with E-state index >= 15 is 0 Å². The molecule has 0 amide bonds. The smallest absolute Gasteiger partial charge is 0.303 e. The van der Waals surface area contributed by atoms with Crippen LogP contribution in [-0.2, 0) is 42.7 Å². The van der Waals surface area contributed by atoms with Gasteiger partial charge in [0.1, 0.15) is 42.9 Å². The molecule has 3 aliphatic heterocycles. The topological polar surface area (TPSA) is 180 Å². The molecule has 6 rings (SSSR count). The second-order valence-corrected chi connectivity index (χ2v) is 13.7. The van der Waals surface area contributed by atoms with Gasteiger partial charge in [-0.2, -0.15) is 0 Å². The van der Waals surface area contributed by atoms with Crippen molar-refractivity contribution in [3.63, 3.8) is 0 Å². The molecule has 3 saturated heterocycles. The van der Waals surface area contributed by atoms with Crippen LogP contribution in [0.4, 0.5) is 0 Å². The van der Waals surface area contributed by atoms with Gasteiger partial charge in [0.15, 0.2) is 18.3 Å². The predicted octanol–water partition coefficient (Wildman–Crippen LogP) is 0.00880. The zero-order valence-electron chi connectivity index (χ0n) is 25.4. The van der Waals surface area contributed by atoms with Crippen molar-refractivity contribution < 1.29 is 63.2 Å². The predicted molar refractivity (Wildman–Crippen MR) is 143 cm³/mol. The Labute approximate surface area is 250 Å². The lowest BCUT2D eigenvalue weighted by molar-refractivity contribution is -0.386. The number of carbonyl (C=O) groups is 2. The summed E-state index contributed by atoms with van der Waals surface area (Å²) in [5.41, 5.74) is -2.89. The summed E-state index contributed by atoms with van der Waals surface area (Å²) in [5, 5.41) is 41.0. The van der Waals surface area contributed by atoms with Gasteiger partial charge in [-0.1, -0.05) is 20.8 Å². The van der Waals surface area contributed by atoms with E-state index < -0.39 is 96.2 Å². The minimum absolute atomic E-state index is 0.0285. The molecule has 16 atom stereocenters. The molecule has 5 fully saturated rings. The summed E-state index contributed by atoms with van der Waals surface area (Å²) >= 11 is 0. The average Bonchev–Trinajstić information content (AvgIpc) is 3.44. The van der Waals surface area contributed by atoms with E-state index in [1.807, 2.05) is 19.9 Å². The van der Waals surface area contributed by atoms with E-state index in [0.717, 1.165) is 0 Å². The normalized spacial score (nSPS) is 54.1. The molecule has 0 bridgehead atoms. The summed E-state index contributed by atoms with van der Waals surface area (Å²) < 4.78 is 42.6. The van der Waals surface area contributed by atoms with Crippen molar-refractivity contribution >= 4 is 11.8 Å². The number of methoxy groups -OCH3 is 1. The fourth-order valence-electron chi connectivity index (χ4n) is 9.80. The quantitative estimate of drug-likeness (QED) is 0.305. The Morgan fingerprint density at radius 1 is 1.07 bits per heavy atom. The minimum atomic E-state index is -1.62. The molecule has 2 saturated carbocycles. The van der Waals surface area contributed by atoms with Crippen LogP contribution in [-0.4, -0.2) is 114 Å². The molecule has 0 aromatic rings. The number of ketones is 1. The van der Waals surface area contributed by atoms with Gasteiger partial charge in [0.05, 0.1) is 25.9 Å². The third-order valence-electron chi connectivity index (χ3n) is 11.6. The first-order chi connectivity index (χ1) is 20.2. The molecule has 3 aliphatic carbocycles. The Hall–Kier alpha value is -1.68. The van der Waals surface area contributed by atoms with E-state index in [9.17, 15) is 30.0 Å². The lowest BCUT2D eigenvalue weighted by atomic mass is 9.37. The molecule has 0 aromatic carbocycles. The maximum Gasteiger partial charge on any atom is 0.303 e. The van der Waals surface area contributed by atoms with Gasteiger partial charge < -0.3 is 53.6 Å². The van der Waals surface area contributed by atoms with Crippen molar-refractivity contribution in [1.82, 2.24) is 0 Å². The van der Waals surface area contributed by atoms with E-state index in [2.05, 4.69) is 13.8 Å². The molecule has 4 N–H and O–H groups in total. The largest absolute Gasteiger partial charge is 0.493 e. The number of aliphatic hydroxyl groups is 4. The summed E-state index contributed by atoms with van der Waals surface area (Å²) in [6.45, 7) is 8.61. The first-order valence-electron chi connectivity index (χ1n) is 15.1. The summed E-state index contributed by atoms with van der Waals surface area (Å²) in [6.07, 6.45) is -7.63. The second kappa shape index (κ2) is 10.7. The molecule has 0 spiro atoms. The monoisotopic (exact) mass is 612 g/mol. The fraction of sp³-hybridized carbons (Fsp3) is 0.867. The maximum absolute atomic E-state index is 14.2. The standard InChI is InChI=1S/C30H44O13/c1-12-7-15(37-6)25(36)28(3)14(12)8-18-29(4)17(30(5,43-13(2)32)26-23(24(28)29)38-11-39-26)9-19(41-18)42-27-22(35)21(34)20(33)16(10-31)40-27/h7,12,14,16-24,26-27,31,33-35H,8-11H2,1-6H3/t12-,14+,16-,17-,18-,19+,20-,21+,22-,23+,24-,26-,27+,28+,29-,30+/m1/s1. The molecule has 0 radical (unpaired) electrons. The number of hydrogen-bond donors (Lipinski definition) is 4. The highest BCUT2D eigenvalue weighted by Crippen LogP contribution is 2.71. The van der Waals surface area contributed by atoms with Crippen LogP contribution in [0.15, 0.2) is 11.8 Å². The molecule has 0 unspecified atom stereocenters. The number of allylic oxidation sites excluding steroid dienone is 2. The number of rotatable bonds is 5. The second-order valence-electron chi connectivity index (χ2n) is 13.7. The third kappa shape index (κ3) is 4.30. The Bertz CT molecular complexity index is 1160. The Balaban J connectivity index is 1.43. The Morgan fingerprint density at radius 2 is 1.79 bits per heavy atom. The molecule has 13 nitrogen and oxygen atoms in total. The van der Waals surface area contributed by atoms with E-state index in [4.69, 9.17) is 33.2 Å². The van der Waals surface area contributed by atoms with Gasteiger partial charge in [-0.05, 0) is 31.3 Å². The lowest BCUT2D eigenvalue weighted by Crippen LogP contribution is -2.78. The number of ether oxygens (including phenoxy) is 7. The first kappa shape index (κ1) is 31.3. The van der Waals surface area contributed by atoms with E-state index in [1.165, 1.54) is 14.0 Å². The summed E-state index contributed by atoms with van der Waals surface area (Å²) in [6, 6.07) is 0. The molecule has 3 heterocycles. The highest BCUT2D eigenvalue weighted by Gasteiger charge is 2.78. The van der Waals surface area contributed by atoms with Crippen LogP contribution >= 0.6 is 0 Å². The van der Waals surface area contributed by atoms with E-state index in [-0.39, 0.29) is 30.8 Å². The van der Waals surface area contributed by atoms with Crippen LogP contribution < -0.4 is 0 Å². The number of esters is 1. The van der Waals surface area contributed by atoms with Crippen molar-refractivity contribution in [2.24, 2.45) is 34.5 Å². The summed E-state index contributed by atoms with van der Waals surface area (Å²) in [7, 11) is 1.50. The number of Topliss-reactive ketones (excluding diaryl/α,β-unsaturated/α-hetero) is 1. The zero-order chi connectivity index (χ0) is 31.2. The van der Waals surface area contributed by atoms with Gasteiger partial charge in [0.2, 0.25) is 5.78 Å². The van der Waals surface area contributed by atoms with Crippen LogP contribution in [0.2, 0.25) is 0 Å². The summed E-state index contributed by atoms with van der Waals surface area (Å²) in [4.78, 5) is 26.8. The Morgan fingerprint density at radius 3 is 2.44 bits per heavy atom. The SMILES string of the molecule is COC1=C[C@@H](C)[C@@H]2C[C@H]3O[C@@H](O[C@@H]4O[C@H](CO)[C@@H](O)[C@H](O)[C@H]4O)C[C@H]4[C@](C)(OC(C)=O)[C@@H]5OCO[C@H]5[C@H]([C@@]2(C)C1=O)[C@@]34C. The molecule has 0 aromatic heterocycles. The van der Waals surface area contributed by atoms with Crippen molar-refractivity contribution in [3.8, 4) is 0 Å². The number of hydrogen-bond acceptors (Lipinski definition) is 13. The number of aliphatic hydroxyl groups excluding tert-OH is 4. The first-order valence-corrected chi connectivity index (χ1v) is 15.1. The highest BCUT2D eigenvalue weighted by atomic mass is 16.8. The number of fused-ring (bicyclic) bond motifs is 4. The third-order valence-corrected chi connectivity index (χ3v) is 11.6. The van der Waals surface area contributed by atoms with Gasteiger partial charge >= 0.3 is 5.97 Å². The van der Waals surface area contributed by atoms with E-state index in [0.29, 0.717) is 12.2 Å². The van der Waals surface area contributed by atoms with Gasteiger partial charge in [-0.3, -0.25) is 9.59 Å². The van der Waals surface area contributed by atoms with Crippen molar-refractivity contribution in [2.45, 2.75) is 108 Å². The maximum atomic E-state index is 14.2. The fourth-order valence-corrected chi connectivity index (χ4v) is 9.80. The van der Waals surface area contributed by atoms with Crippen LogP contribution in [0.5, 0.6) is 0 Å². The summed E-state index contributed by atoms with van der Waals surface area (Å²) in [5.74, 6) is -1.37. The van der Waals surface area contributed by atoms with Crippen LogP contribution in [0.3, 0.4) is 0 Å². The molecule has 13 heteroatoms. The van der Waals surface area contributed by atoms with Crippen LogP contribution in [0.25, 0.3) is 0 Å². The van der Waals surface area contributed by atoms with Gasteiger partial charge in [0.25, 0.3) is 0 Å². The average molecular weight is 613 g/mol. The highest BCUT2D eigenvalue weighted by molar-refractivity contribution is 5.99. The van der Waals surface area contributed by atoms with Crippen LogP contribution in [0.1, 0.15) is 47.5 Å². The van der Waals surface area contributed by atoms with Crippen molar-refractivity contribution in [2.75, 3.05) is 20.5 Å². The van der Waals surface area contributed by atoms with E-state index in [1.54, 1.807) is 0 Å². The molecule has 6 aliphatic rings. The molecule has 43 heavy (non-hydrogen) atoms. The molecular formula is C30H44O13. The molecule has 242 valence electrons. The van der Waals surface area contributed by atoms with Crippen molar-refractivity contribution in [1.29, 1.82) is 0 Å². The number of carbonyl (C=O) groups excluding carboxylic acids is 2. The van der Waals surface area contributed by atoms with Crippen molar-refractivity contribution in [3.05, 3.63) is 11.8 Å². The van der Waals surface area contributed by atoms with Gasteiger partial charge in [-0.25, -0.2) is 0 Å². The van der Waals surface area contributed by atoms with Gasteiger partial charge in [0, 0.05) is 36.0 Å². The lowest BCUT2D eigenvalue weighted by Gasteiger charge is -2.70.